The lowest BCUT2D eigenvalue weighted by Gasteiger charge is -2.18. The Bertz CT molecular complexity index is 449. The van der Waals surface area contributed by atoms with Crippen LogP contribution in [0.1, 0.15) is 45.6 Å². The average Bonchev–Trinajstić information content (AvgIpc) is 3.23. The number of hydrogen-bond donors (Lipinski definition) is 2. The van der Waals surface area contributed by atoms with Crippen LogP contribution in [-0.4, -0.2) is 6.04 Å². The third-order valence-electron chi connectivity index (χ3n) is 6.21. The van der Waals surface area contributed by atoms with Crippen LogP contribution in [0.15, 0.2) is 30.3 Å². The molecule has 2 aliphatic rings. The fraction of sp³-hybridized carbons (Fsp3) is 0.647. The second-order valence-electron chi connectivity index (χ2n) is 7.53. The normalized spacial score (nSPS) is 32.9. The van der Waals surface area contributed by atoms with Gasteiger partial charge in [-0.15, -0.1) is 0 Å². The van der Waals surface area contributed by atoms with E-state index in [-0.39, 0.29) is 0 Å². The maximum Gasteiger partial charge on any atom is 0.0283 e. The molecule has 1 aromatic carbocycles. The third kappa shape index (κ3) is 1.85. The van der Waals surface area contributed by atoms with Crippen LogP contribution in [0.4, 0.5) is 0 Å². The second kappa shape index (κ2) is 4.07. The number of nitrogens with one attached hydrogen (secondary N) is 1. The Labute approximate surface area is 116 Å². The summed E-state index contributed by atoms with van der Waals surface area (Å²) in [5.41, 5.74) is 5.41. The fourth-order valence-corrected chi connectivity index (χ4v) is 4.31. The van der Waals surface area contributed by atoms with Crippen LogP contribution >= 0.6 is 0 Å². The van der Waals surface area contributed by atoms with Crippen molar-refractivity contribution in [2.24, 2.45) is 28.5 Å². The summed E-state index contributed by atoms with van der Waals surface area (Å²) < 4.78 is 0. The van der Waals surface area contributed by atoms with Crippen molar-refractivity contribution in [3.8, 4) is 0 Å². The number of benzene rings is 1. The Morgan fingerprint density at radius 2 is 1.68 bits per heavy atom. The molecule has 0 aromatic heterocycles. The number of nitrogens with two attached hydrogens (primary N) is 1. The molecule has 0 bridgehead atoms. The monoisotopic (exact) mass is 258 g/mol. The summed E-state index contributed by atoms with van der Waals surface area (Å²) in [6.45, 7) is 9.51. The summed E-state index contributed by atoms with van der Waals surface area (Å²) in [7, 11) is 0. The summed E-state index contributed by atoms with van der Waals surface area (Å²) in [6, 6.07) is 11.3. The smallest absolute Gasteiger partial charge is 0.0283 e. The molecule has 2 heteroatoms. The van der Waals surface area contributed by atoms with Gasteiger partial charge in [0.05, 0.1) is 0 Å². The lowest BCUT2D eigenvalue weighted by Crippen LogP contribution is -2.40. The average molecular weight is 258 g/mol. The zero-order valence-corrected chi connectivity index (χ0v) is 12.5. The van der Waals surface area contributed by atoms with E-state index in [1.165, 1.54) is 12.0 Å². The van der Waals surface area contributed by atoms with Gasteiger partial charge < -0.3 is 0 Å². The van der Waals surface area contributed by atoms with Crippen molar-refractivity contribution < 1.29 is 0 Å². The molecule has 104 valence electrons. The van der Waals surface area contributed by atoms with Gasteiger partial charge in [0.15, 0.2) is 0 Å². The van der Waals surface area contributed by atoms with E-state index in [0.29, 0.717) is 34.6 Å². The van der Waals surface area contributed by atoms with Gasteiger partial charge >= 0.3 is 0 Å². The van der Waals surface area contributed by atoms with Crippen LogP contribution in [0.3, 0.4) is 0 Å². The van der Waals surface area contributed by atoms with Gasteiger partial charge in [-0.1, -0.05) is 58.0 Å². The zero-order valence-electron chi connectivity index (χ0n) is 12.5. The molecule has 2 fully saturated rings. The Kier molecular flexibility index (Phi) is 2.81. The molecule has 19 heavy (non-hydrogen) atoms. The highest BCUT2D eigenvalue weighted by atomic mass is 15.3. The van der Waals surface area contributed by atoms with Gasteiger partial charge in [-0.2, -0.15) is 0 Å². The maximum atomic E-state index is 5.89. The van der Waals surface area contributed by atoms with E-state index >= 15 is 0 Å². The van der Waals surface area contributed by atoms with Crippen molar-refractivity contribution in [2.45, 2.75) is 46.1 Å². The Hall–Kier alpha value is -0.860. The molecule has 0 saturated heterocycles. The van der Waals surface area contributed by atoms with Crippen LogP contribution in [0.25, 0.3) is 0 Å². The molecule has 2 nitrogen and oxygen atoms in total. The molecule has 0 aliphatic heterocycles. The first kappa shape index (κ1) is 13.1. The minimum absolute atomic E-state index is 0.397. The van der Waals surface area contributed by atoms with Crippen molar-refractivity contribution in [3.63, 3.8) is 0 Å². The Morgan fingerprint density at radius 1 is 1.11 bits per heavy atom. The molecule has 1 aromatic rings. The maximum absolute atomic E-state index is 5.89. The molecule has 3 atom stereocenters. The molecule has 0 amide bonds. The fourth-order valence-electron chi connectivity index (χ4n) is 4.31. The number of rotatable bonds is 4. The zero-order chi connectivity index (χ0) is 13.8. The van der Waals surface area contributed by atoms with E-state index < -0.39 is 0 Å². The number of hydrogen-bond acceptors (Lipinski definition) is 2. The van der Waals surface area contributed by atoms with Gasteiger partial charge in [0.25, 0.3) is 0 Å². The Morgan fingerprint density at radius 3 is 2.16 bits per heavy atom. The summed E-state index contributed by atoms with van der Waals surface area (Å²) in [5.74, 6) is 7.98. The highest BCUT2D eigenvalue weighted by molar-refractivity contribution is 5.29. The lowest BCUT2D eigenvalue weighted by atomic mass is 9.97. The summed E-state index contributed by atoms with van der Waals surface area (Å²) >= 11 is 0. The molecule has 2 aliphatic carbocycles. The standard InChI is InChI=1S/C17H26N2/c1-16(2)15(17(16,3)4)14(19-18)13-10-12(13)11-8-6-5-7-9-11/h5-9,12-15,19H,10,18H2,1-4H3. The van der Waals surface area contributed by atoms with Gasteiger partial charge in [-0.3, -0.25) is 11.3 Å². The van der Waals surface area contributed by atoms with Crippen molar-refractivity contribution >= 4 is 0 Å². The molecule has 3 rings (SSSR count). The second-order valence-corrected chi connectivity index (χ2v) is 7.53. The van der Waals surface area contributed by atoms with Crippen LogP contribution in [0.2, 0.25) is 0 Å². The van der Waals surface area contributed by atoms with Crippen LogP contribution in [-0.2, 0) is 0 Å². The topological polar surface area (TPSA) is 38.0 Å². The highest BCUT2D eigenvalue weighted by Crippen LogP contribution is 2.72. The Balaban J connectivity index is 1.74. The minimum Gasteiger partial charge on any atom is -0.271 e. The largest absolute Gasteiger partial charge is 0.271 e. The van der Waals surface area contributed by atoms with E-state index in [9.17, 15) is 0 Å². The molecule has 0 spiro atoms. The highest BCUT2D eigenvalue weighted by Gasteiger charge is 2.69. The molecule has 0 heterocycles. The van der Waals surface area contributed by atoms with Crippen LogP contribution in [0, 0.1) is 22.7 Å². The predicted octanol–water partition coefficient (Wildman–Crippen LogP) is 3.30. The van der Waals surface area contributed by atoms with Crippen LogP contribution in [0.5, 0.6) is 0 Å². The minimum atomic E-state index is 0.397. The van der Waals surface area contributed by atoms with Gasteiger partial charge in [0.1, 0.15) is 0 Å². The van der Waals surface area contributed by atoms with Crippen LogP contribution < -0.4 is 11.3 Å². The predicted molar refractivity (Wildman–Crippen MR) is 79.5 cm³/mol. The summed E-state index contributed by atoms with van der Waals surface area (Å²) in [6.07, 6.45) is 1.28. The molecule has 2 saturated carbocycles. The van der Waals surface area contributed by atoms with Gasteiger partial charge in [0.2, 0.25) is 0 Å². The van der Waals surface area contributed by atoms with Crippen molar-refractivity contribution in [1.82, 2.24) is 5.43 Å². The third-order valence-corrected chi connectivity index (χ3v) is 6.21. The van der Waals surface area contributed by atoms with Gasteiger partial charge in [-0.05, 0) is 40.6 Å². The first-order chi connectivity index (χ1) is 8.91. The molecular formula is C17H26N2. The molecule has 3 N–H and O–H groups in total. The number of hydrazine groups is 1. The van der Waals surface area contributed by atoms with E-state index in [1.807, 2.05) is 0 Å². The first-order valence-corrected chi connectivity index (χ1v) is 7.42. The van der Waals surface area contributed by atoms with E-state index in [2.05, 4.69) is 63.5 Å². The molecule has 3 unspecified atom stereocenters. The van der Waals surface area contributed by atoms with Crippen molar-refractivity contribution in [1.29, 1.82) is 0 Å². The molecule has 0 radical (unpaired) electrons. The SMILES string of the molecule is CC1(C)C(C(NN)C2CC2c2ccccc2)C1(C)C. The summed E-state index contributed by atoms with van der Waals surface area (Å²) in [5, 5.41) is 0. The molecular weight excluding hydrogens is 232 g/mol. The van der Waals surface area contributed by atoms with Gasteiger partial charge in [0, 0.05) is 6.04 Å². The van der Waals surface area contributed by atoms with E-state index in [0.717, 1.165) is 0 Å². The quantitative estimate of drug-likeness (QED) is 0.642. The van der Waals surface area contributed by atoms with Gasteiger partial charge in [-0.25, -0.2) is 0 Å². The van der Waals surface area contributed by atoms with Crippen molar-refractivity contribution in [3.05, 3.63) is 35.9 Å². The van der Waals surface area contributed by atoms with Crippen molar-refractivity contribution in [2.75, 3.05) is 0 Å². The lowest BCUT2D eigenvalue weighted by molar-refractivity contribution is 0.362. The first-order valence-electron chi connectivity index (χ1n) is 7.42. The van der Waals surface area contributed by atoms with E-state index in [1.54, 1.807) is 0 Å². The summed E-state index contributed by atoms with van der Waals surface area (Å²) in [4.78, 5) is 0. The van der Waals surface area contributed by atoms with E-state index in [4.69, 9.17) is 5.84 Å².